The van der Waals surface area contributed by atoms with Crippen LogP contribution in [0.3, 0.4) is 0 Å². The average molecular weight is 347 g/mol. The van der Waals surface area contributed by atoms with Crippen LogP contribution in [0, 0.1) is 0 Å². The third-order valence-electron chi connectivity index (χ3n) is 4.59. The fraction of sp³-hybridized carbons (Fsp3) is 0.556. The minimum atomic E-state index is -0.375. The van der Waals surface area contributed by atoms with Gasteiger partial charge in [0.2, 0.25) is 5.91 Å². The van der Waals surface area contributed by atoms with Gasteiger partial charge >= 0.3 is 5.76 Å². The molecular weight excluding hydrogens is 322 g/mol. The van der Waals surface area contributed by atoms with E-state index in [1.165, 1.54) is 0 Å². The minimum absolute atomic E-state index is 0.123. The number of carbonyl (C=O) groups is 1. The van der Waals surface area contributed by atoms with Gasteiger partial charge in [0.15, 0.2) is 5.58 Å². The van der Waals surface area contributed by atoms with Crippen LogP contribution >= 0.6 is 0 Å². The Balaban J connectivity index is 1.48. The van der Waals surface area contributed by atoms with Crippen molar-refractivity contribution in [3.63, 3.8) is 0 Å². The maximum absolute atomic E-state index is 12.4. The summed E-state index contributed by atoms with van der Waals surface area (Å²) in [4.78, 5) is 28.3. The van der Waals surface area contributed by atoms with Gasteiger partial charge in [0, 0.05) is 45.7 Å². The first-order chi connectivity index (χ1) is 12.0. The fourth-order valence-corrected chi connectivity index (χ4v) is 3.33. The number of amides is 1. The minimum Gasteiger partial charge on any atom is -0.408 e. The van der Waals surface area contributed by atoms with Gasteiger partial charge in [-0.2, -0.15) is 0 Å². The summed E-state index contributed by atoms with van der Waals surface area (Å²) in [6, 6.07) is 7.32. The zero-order chi connectivity index (χ0) is 17.8. The molecule has 7 heteroatoms. The van der Waals surface area contributed by atoms with Crippen LogP contribution in [0.5, 0.6) is 0 Å². The summed E-state index contributed by atoms with van der Waals surface area (Å²) in [7, 11) is 0. The smallest absolute Gasteiger partial charge is 0.408 e. The monoisotopic (exact) mass is 347 g/mol. The molecule has 0 radical (unpaired) electrons. The number of nitrogens with zero attached hydrogens (tertiary/aromatic N) is 3. The Kier molecular flexibility index (Phi) is 5.55. The van der Waals surface area contributed by atoms with Crippen molar-refractivity contribution in [2.45, 2.75) is 32.4 Å². The number of aliphatic hydroxyl groups is 1. The Morgan fingerprint density at radius 2 is 1.96 bits per heavy atom. The fourth-order valence-electron chi connectivity index (χ4n) is 3.33. The van der Waals surface area contributed by atoms with Gasteiger partial charge in [-0.25, -0.2) is 4.79 Å². The zero-order valence-corrected chi connectivity index (χ0v) is 14.6. The second-order valence-corrected chi connectivity index (χ2v) is 6.62. The molecule has 1 aromatic heterocycles. The van der Waals surface area contributed by atoms with Gasteiger partial charge in [-0.1, -0.05) is 12.1 Å². The summed E-state index contributed by atoms with van der Waals surface area (Å²) in [5.41, 5.74) is 1.35. The number of para-hydroxylation sites is 2. The number of aryl methyl sites for hydroxylation is 1. The molecule has 1 fully saturated rings. The van der Waals surface area contributed by atoms with Gasteiger partial charge in [-0.05, 0) is 25.5 Å². The van der Waals surface area contributed by atoms with Gasteiger partial charge in [-0.15, -0.1) is 0 Å². The number of rotatable bonds is 6. The highest BCUT2D eigenvalue weighted by Gasteiger charge is 2.21. The predicted molar refractivity (Wildman–Crippen MR) is 94.4 cm³/mol. The van der Waals surface area contributed by atoms with Crippen LogP contribution in [-0.4, -0.2) is 64.2 Å². The van der Waals surface area contributed by atoms with Crippen LogP contribution in [-0.2, 0) is 11.3 Å². The maximum Gasteiger partial charge on any atom is 0.419 e. The van der Waals surface area contributed by atoms with Gasteiger partial charge in [0.1, 0.15) is 0 Å². The molecule has 1 aliphatic rings. The zero-order valence-electron chi connectivity index (χ0n) is 14.6. The van der Waals surface area contributed by atoms with Crippen LogP contribution in [0.2, 0.25) is 0 Å². The molecule has 3 rings (SSSR count). The largest absolute Gasteiger partial charge is 0.419 e. The Hall–Kier alpha value is -2.12. The van der Waals surface area contributed by atoms with Crippen molar-refractivity contribution >= 4 is 17.0 Å². The van der Waals surface area contributed by atoms with Crippen LogP contribution < -0.4 is 5.76 Å². The normalized spacial score (nSPS) is 17.1. The molecule has 0 aliphatic carbocycles. The molecule has 7 nitrogen and oxygen atoms in total. The van der Waals surface area contributed by atoms with Gasteiger partial charge < -0.3 is 14.4 Å². The molecule has 1 aliphatic heterocycles. The lowest BCUT2D eigenvalue weighted by molar-refractivity contribution is -0.133. The average Bonchev–Trinajstić information content (AvgIpc) is 2.90. The molecule has 0 spiro atoms. The molecule has 2 aromatic rings. The number of β-amino-alcohol motifs (C(OH)–C–C–N with tert-alkyl or cyclic N) is 1. The molecule has 0 saturated carbocycles. The van der Waals surface area contributed by atoms with E-state index < -0.39 is 0 Å². The highest BCUT2D eigenvalue weighted by molar-refractivity contribution is 5.76. The van der Waals surface area contributed by atoms with Crippen LogP contribution in [0.25, 0.3) is 11.1 Å². The number of benzene rings is 1. The summed E-state index contributed by atoms with van der Waals surface area (Å²) in [6.07, 6.45) is 0.684. The first-order valence-corrected chi connectivity index (χ1v) is 8.81. The number of oxazole rings is 1. The van der Waals surface area contributed by atoms with Crippen molar-refractivity contribution in [1.29, 1.82) is 0 Å². The SMILES string of the molecule is C[C@@H](O)CN1CCN(C(=O)CCCn2c(=O)oc3ccccc32)CC1. The van der Waals surface area contributed by atoms with E-state index >= 15 is 0 Å². The number of aliphatic hydroxyl groups excluding tert-OH is 1. The number of aromatic nitrogens is 1. The van der Waals surface area contributed by atoms with Gasteiger partial charge in [0.25, 0.3) is 0 Å². The van der Waals surface area contributed by atoms with Crippen LogP contribution in [0.4, 0.5) is 0 Å². The summed E-state index contributed by atoms with van der Waals surface area (Å²) >= 11 is 0. The number of hydrogen-bond acceptors (Lipinski definition) is 5. The Morgan fingerprint density at radius 1 is 1.24 bits per heavy atom. The summed E-state index contributed by atoms with van der Waals surface area (Å²) in [5, 5.41) is 9.43. The Labute approximate surface area is 146 Å². The highest BCUT2D eigenvalue weighted by Crippen LogP contribution is 2.13. The van der Waals surface area contributed by atoms with Crippen molar-refractivity contribution in [2.75, 3.05) is 32.7 Å². The standard InChI is InChI=1S/C18H25N3O4/c1-14(22)13-19-9-11-20(12-10-19)17(23)7-4-8-21-15-5-2-3-6-16(15)25-18(21)24/h2-3,5-6,14,22H,4,7-13H2,1H3/t14-/m1/s1. The first-order valence-electron chi connectivity index (χ1n) is 8.81. The quantitative estimate of drug-likeness (QED) is 0.840. The molecule has 136 valence electrons. The van der Waals surface area contributed by atoms with Gasteiger partial charge in [0.05, 0.1) is 11.6 Å². The van der Waals surface area contributed by atoms with Crippen LogP contribution in [0.15, 0.2) is 33.5 Å². The molecule has 1 N–H and O–H groups in total. The number of piperazine rings is 1. The first kappa shape index (κ1) is 17.7. The van der Waals surface area contributed by atoms with E-state index in [4.69, 9.17) is 4.42 Å². The lowest BCUT2D eigenvalue weighted by Crippen LogP contribution is -2.50. The van der Waals surface area contributed by atoms with Crippen molar-refractivity contribution in [2.24, 2.45) is 0 Å². The van der Waals surface area contributed by atoms with E-state index in [1.807, 2.05) is 23.1 Å². The topological polar surface area (TPSA) is 78.9 Å². The highest BCUT2D eigenvalue weighted by atomic mass is 16.4. The molecule has 0 unspecified atom stereocenters. The van der Waals surface area contributed by atoms with E-state index in [9.17, 15) is 14.7 Å². The predicted octanol–water partition coefficient (Wildman–Crippen LogP) is 0.900. The second-order valence-electron chi connectivity index (χ2n) is 6.62. The summed E-state index contributed by atoms with van der Waals surface area (Å²) < 4.78 is 6.79. The molecule has 0 bridgehead atoms. The summed E-state index contributed by atoms with van der Waals surface area (Å²) in [6.45, 7) is 5.88. The molecule has 1 saturated heterocycles. The molecular formula is C18H25N3O4. The molecule has 1 amide bonds. The lowest BCUT2D eigenvalue weighted by atomic mass is 10.2. The third kappa shape index (κ3) is 4.29. The van der Waals surface area contributed by atoms with Crippen molar-refractivity contribution in [1.82, 2.24) is 14.4 Å². The van der Waals surface area contributed by atoms with Crippen molar-refractivity contribution < 1.29 is 14.3 Å². The van der Waals surface area contributed by atoms with E-state index in [1.54, 1.807) is 17.6 Å². The van der Waals surface area contributed by atoms with E-state index in [0.717, 1.165) is 18.6 Å². The molecule has 1 atom stereocenters. The Bertz CT molecular complexity index is 772. The van der Waals surface area contributed by atoms with E-state index in [0.29, 0.717) is 44.6 Å². The van der Waals surface area contributed by atoms with Crippen molar-refractivity contribution in [3.8, 4) is 0 Å². The van der Waals surface area contributed by atoms with Crippen LogP contribution in [0.1, 0.15) is 19.8 Å². The number of fused-ring (bicyclic) bond motifs is 1. The van der Waals surface area contributed by atoms with E-state index in [-0.39, 0.29) is 17.8 Å². The molecule has 2 heterocycles. The third-order valence-corrected chi connectivity index (χ3v) is 4.59. The molecule has 25 heavy (non-hydrogen) atoms. The summed E-state index contributed by atoms with van der Waals surface area (Å²) in [5.74, 6) is -0.252. The maximum atomic E-state index is 12.4. The molecule has 1 aromatic carbocycles. The Morgan fingerprint density at radius 3 is 2.68 bits per heavy atom. The second kappa shape index (κ2) is 7.84. The number of hydrogen-bond donors (Lipinski definition) is 1. The van der Waals surface area contributed by atoms with Gasteiger partial charge in [-0.3, -0.25) is 14.3 Å². The van der Waals surface area contributed by atoms with Crippen molar-refractivity contribution in [3.05, 3.63) is 34.8 Å². The lowest BCUT2D eigenvalue weighted by Gasteiger charge is -2.35. The number of carbonyl (C=O) groups excluding carboxylic acids is 1. The van der Waals surface area contributed by atoms with E-state index in [2.05, 4.69) is 4.90 Å².